The number of methoxy groups -OCH3 is 1. The van der Waals surface area contributed by atoms with Gasteiger partial charge in [0.05, 0.1) is 24.6 Å². The molecule has 14 heteroatoms. The lowest BCUT2D eigenvalue weighted by molar-refractivity contribution is -0.289. The Morgan fingerprint density at radius 1 is 0.881 bits per heavy atom. The maximum Gasteiger partial charge on any atom is 0.353 e. The molecule has 6 atom stereocenters. The number of aliphatic carboxylic acids is 1. The van der Waals surface area contributed by atoms with Crippen LogP contribution in [0.15, 0.2) is 66.7 Å². The Kier molecular flexibility index (Phi) is 9.80. The standard InChI is InChI=1S/C28H30N2O12/c1-39-28(15-8-4-2-5-9-15,16-10-6-3-7-11-16)23(41-27-29-17(13-31)12-18(14-32)30-27)25(38)42-26-21(35)19(33)20(34)22(40-26)24(36)37/h2-12,19-23,26,31-35H,13-14H2,1H3,(H,36,37). The van der Waals surface area contributed by atoms with Gasteiger partial charge in [-0.3, -0.25) is 0 Å². The van der Waals surface area contributed by atoms with E-state index in [1.165, 1.54) is 13.2 Å². The molecule has 1 saturated heterocycles. The highest BCUT2D eigenvalue weighted by atomic mass is 16.7. The van der Waals surface area contributed by atoms with Crippen molar-refractivity contribution in [2.45, 2.75) is 55.6 Å². The van der Waals surface area contributed by atoms with Crippen LogP contribution in [0, 0.1) is 0 Å². The second-order valence-electron chi connectivity index (χ2n) is 9.29. The first-order valence-electron chi connectivity index (χ1n) is 12.7. The van der Waals surface area contributed by atoms with Gasteiger partial charge in [-0.2, -0.15) is 9.97 Å². The minimum Gasteiger partial charge on any atom is -0.479 e. The highest BCUT2D eigenvalue weighted by molar-refractivity contribution is 5.79. The highest BCUT2D eigenvalue weighted by Crippen LogP contribution is 2.39. The Bertz CT molecular complexity index is 1300. The molecule has 3 aromatic rings. The maximum atomic E-state index is 14.0. The first kappa shape index (κ1) is 30.9. The zero-order valence-corrected chi connectivity index (χ0v) is 22.3. The van der Waals surface area contributed by atoms with Gasteiger partial charge in [-0.1, -0.05) is 60.7 Å². The van der Waals surface area contributed by atoms with Crippen LogP contribution in [0.3, 0.4) is 0 Å². The minimum absolute atomic E-state index is 0.0612. The van der Waals surface area contributed by atoms with Crippen molar-refractivity contribution >= 4 is 11.9 Å². The Labute approximate surface area is 239 Å². The molecule has 0 spiro atoms. The third-order valence-corrected chi connectivity index (χ3v) is 6.71. The summed E-state index contributed by atoms with van der Waals surface area (Å²) in [6.07, 6.45) is -12.0. The molecule has 42 heavy (non-hydrogen) atoms. The second kappa shape index (κ2) is 13.3. The molecule has 0 aliphatic carbocycles. The molecule has 1 aliphatic heterocycles. The molecule has 0 amide bonds. The van der Waals surface area contributed by atoms with E-state index in [1.54, 1.807) is 60.7 Å². The lowest BCUT2D eigenvalue weighted by atomic mass is 9.81. The van der Waals surface area contributed by atoms with Crippen molar-refractivity contribution in [2.75, 3.05) is 7.11 Å². The quantitative estimate of drug-likeness (QED) is 0.152. The lowest BCUT2D eigenvalue weighted by Gasteiger charge is -2.41. The predicted molar refractivity (Wildman–Crippen MR) is 139 cm³/mol. The summed E-state index contributed by atoms with van der Waals surface area (Å²) in [7, 11) is 1.31. The van der Waals surface area contributed by atoms with E-state index in [1.807, 2.05) is 0 Å². The lowest BCUT2D eigenvalue weighted by Crippen LogP contribution is -2.61. The number of carboxylic acids is 1. The fourth-order valence-corrected chi connectivity index (χ4v) is 4.65. The van der Waals surface area contributed by atoms with Gasteiger partial charge >= 0.3 is 17.9 Å². The highest BCUT2D eigenvalue weighted by Gasteiger charge is 2.53. The van der Waals surface area contributed by atoms with Crippen molar-refractivity contribution in [3.05, 3.63) is 89.2 Å². The zero-order valence-electron chi connectivity index (χ0n) is 22.3. The largest absolute Gasteiger partial charge is 0.479 e. The molecular formula is C28H30N2O12. The van der Waals surface area contributed by atoms with Gasteiger partial charge in [0, 0.05) is 7.11 Å². The van der Waals surface area contributed by atoms with E-state index < -0.39 is 73.6 Å². The third-order valence-electron chi connectivity index (χ3n) is 6.71. The summed E-state index contributed by atoms with van der Waals surface area (Å²) < 4.78 is 22.6. The van der Waals surface area contributed by atoms with Crippen molar-refractivity contribution in [1.82, 2.24) is 9.97 Å². The zero-order chi connectivity index (χ0) is 30.4. The first-order valence-corrected chi connectivity index (χ1v) is 12.7. The molecule has 4 rings (SSSR count). The number of hydrogen-bond acceptors (Lipinski definition) is 13. The fourth-order valence-electron chi connectivity index (χ4n) is 4.65. The number of benzene rings is 2. The molecule has 224 valence electrons. The van der Waals surface area contributed by atoms with Crippen molar-refractivity contribution in [1.29, 1.82) is 0 Å². The average Bonchev–Trinajstić information content (AvgIpc) is 3.02. The van der Waals surface area contributed by atoms with Crippen LogP contribution in [-0.2, 0) is 42.6 Å². The number of rotatable bonds is 11. The summed E-state index contributed by atoms with van der Waals surface area (Å²) in [5, 5.41) is 59.5. The molecule has 0 bridgehead atoms. The van der Waals surface area contributed by atoms with Gasteiger partial charge in [0.25, 0.3) is 0 Å². The summed E-state index contributed by atoms with van der Waals surface area (Å²) >= 11 is 0. The molecule has 1 fully saturated rings. The molecule has 2 heterocycles. The van der Waals surface area contributed by atoms with Crippen molar-refractivity contribution < 1.29 is 59.2 Å². The van der Waals surface area contributed by atoms with Gasteiger partial charge in [-0.25, -0.2) is 9.59 Å². The second-order valence-corrected chi connectivity index (χ2v) is 9.29. The maximum absolute atomic E-state index is 14.0. The summed E-state index contributed by atoms with van der Waals surface area (Å²) in [4.78, 5) is 33.8. The molecule has 14 nitrogen and oxygen atoms in total. The molecule has 2 aromatic carbocycles. The fraction of sp³-hybridized carbons (Fsp3) is 0.357. The number of aliphatic hydroxyl groups is 5. The number of carbonyl (C=O) groups excluding carboxylic acids is 1. The Morgan fingerprint density at radius 2 is 1.40 bits per heavy atom. The number of hydrogen-bond donors (Lipinski definition) is 6. The summed E-state index contributed by atoms with van der Waals surface area (Å²) in [5.41, 5.74) is -0.894. The van der Waals surface area contributed by atoms with Gasteiger partial charge in [-0.05, 0) is 17.2 Å². The number of esters is 1. The molecule has 1 aliphatic rings. The van der Waals surface area contributed by atoms with Gasteiger partial charge in [0.15, 0.2) is 11.7 Å². The van der Waals surface area contributed by atoms with Crippen LogP contribution in [0.25, 0.3) is 0 Å². The van der Waals surface area contributed by atoms with E-state index in [0.717, 1.165) is 0 Å². The van der Waals surface area contributed by atoms with Crippen LogP contribution in [0.4, 0.5) is 0 Å². The molecular weight excluding hydrogens is 556 g/mol. The Balaban J connectivity index is 1.85. The number of carbonyl (C=O) groups is 2. The summed E-state index contributed by atoms with van der Waals surface area (Å²) in [6.45, 7) is -1.10. The van der Waals surface area contributed by atoms with Gasteiger partial charge in [-0.15, -0.1) is 0 Å². The summed E-state index contributed by atoms with van der Waals surface area (Å²) in [5.74, 6) is -2.95. The normalized spacial score (nSPS) is 23.1. The minimum atomic E-state index is -2.05. The molecule has 0 radical (unpaired) electrons. The van der Waals surface area contributed by atoms with Crippen LogP contribution in [0.1, 0.15) is 22.5 Å². The van der Waals surface area contributed by atoms with Crippen molar-refractivity contribution in [3.8, 4) is 6.01 Å². The van der Waals surface area contributed by atoms with Crippen LogP contribution < -0.4 is 4.74 Å². The van der Waals surface area contributed by atoms with E-state index in [0.29, 0.717) is 11.1 Å². The SMILES string of the molecule is COC(c1ccccc1)(c1ccccc1)C(Oc1nc(CO)cc(CO)n1)C(=O)OC1OC(C(=O)O)C(O)C(O)C1O. The smallest absolute Gasteiger partial charge is 0.353 e. The number of carboxylic acid groups (broad SMARTS) is 1. The first-order chi connectivity index (χ1) is 20.2. The number of aromatic nitrogens is 2. The van der Waals surface area contributed by atoms with Gasteiger partial charge < -0.3 is 49.6 Å². The van der Waals surface area contributed by atoms with Crippen LogP contribution >= 0.6 is 0 Å². The van der Waals surface area contributed by atoms with Gasteiger partial charge in [0.1, 0.15) is 18.3 Å². The topological polar surface area (TPSA) is 218 Å². The monoisotopic (exact) mass is 586 g/mol. The van der Waals surface area contributed by atoms with Gasteiger partial charge in [0.2, 0.25) is 12.4 Å². The van der Waals surface area contributed by atoms with Crippen molar-refractivity contribution in [3.63, 3.8) is 0 Å². The number of ether oxygens (including phenoxy) is 4. The average molecular weight is 587 g/mol. The van der Waals surface area contributed by atoms with Crippen LogP contribution in [-0.4, -0.2) is 96.5 Å². The van der Waals surface area contributed by atoms with E-state index in [2.05, 4.69) is 9.97 Å². The number of nitrogens with zero attached hydrogens (tertiary/aromatic N) is 2. The van der Waals surface area contributed by atoms with E-state index >= 15 is 0 Å². The third kappa shape index (κ3) is 6.10. The predicted octanol–water partition coefficient (Wildman–Crippen LogP) is -0.766. The molecule has 0 saturated carbocycles. The van der Waals surface area contributed by atoms with E-state index in [9.17, 15) is 40.2 Å². The van der Waals surface area contributed by atoms with Crippen LogP contribution in [0.5, 0.6) is 6.01 Å². The number of aliphatic hydroxyl groups excluding tert-OH is 5. The molecule has 1 aromatic heterocycles. The molecule has 6 N–H and O–H groups in total. The van der Waals surface area contributed by atoms with E-state index in [-0.39, 0.29) is 11.4 Å². The Hall–Kier alpha value is -4.02. The summed E-state index contributed by atoms with van der Waals surface area (Å²) in [6, 6.07) is 17.7. The molecule has 6 unspecified atom stereocenters. The van der Waals surface area contributed by atoms with Crippen molar-refractivity contribution in [2.24, 2.45) is 0 Å². The van der Waals surface area contributed by atoms with Crippen LogP contribution in [0.2, 0.25) is 0 Å². The van der Waals surface area contributed by atoms with E-state index in [4.69, 9.17) is 18.9 Å². The Morgan fingerprint density at radius 3 is 1.86 bits per heavy atom.